The zero-order chi connectivity index (χ0) is 16.9. The molecule has 1 atom stereocenters. The highest BCUT2D eigenvalue weighted by molar-refractivity contribution is 5.79. The number of aryl methyl sites for hydroxylation is 1. The van der Waals surface area contributed by atoms with Crippen LogP contribution in [-0.2, 0) is 11.3 Å². The highest BCUT2D eigenvalue weighted by atomic mass is 16.2. The first-order valence-electron chi connectivity index (χ1n) is 9.30. The minimum Gasteiger partial charge on any atom is -0.342 e. The average Bonchev–Trinajstić information content (AvgIpc) is 3.26. The topological polar surface area (TPSA) is 53.4 Å². The quantitative estimate of drug-likeness (QED) is 0.848. The van der Waals surface area contributed by atoms with Crippen LogP contribution < -0.4 is 5.32 Å². The van der Waals surface area contributed by atoms with Gasteiger partial charge in [-0.25, -0.2) is 4.98 Å². The molecular weight excluding hydrogens is 302 g/mol. The number of carbonyl (C=O) groups excluding carboxylic acids is 1. The van der Waals surface area contributed by atoms with Gasteiger partial charge < -0.3 is 19.7 Å². The molecule has 0 saturated carbocycles. The van der Waals surface area contributed by atoms with Gasteiger partial charge in [-0.05, 0) is 52.9 Å². The molecule has 1 aromatic heterocycles. The largest absolute Gasteiger partial charge is 0.342 e. The SMILES string of the molecule is CN(C)CCCn1ccnc1C1CCN(C(=O)C2CCNC2)CC1. The first-order valence-corrected chi connectivity index (χ1v) is 9.30. The Morgan fingerprint density at radius 2 is 2.12 bits per heavy atom. The van der Waals surface area contributed by atoms with Crippen LogP contribution in [0.4, 0.5) is 0 Å². The van der Waals surface area contributed by atoms with Crippen LogP contribution in [0.3, 0.4) is 0 Å². The smallest absolute Gasteiger partial charge is 0.227 e. The zero-order valence-electron chi connectivity index (χ0n) is 15.1. The number of hydrogen-bond donors (Lipinski definition) is 1. The molecule has 1 aromatic rings. The van der Waals surface area contributed by atoms with Gasteiger partial charge in [0.15, 0.2) is 0 Å². The highest BCUT2D eigenvalue weighted by Gasteiger charge is 2.31. The molecule has 0 bridgehead atoms. The van der Waals surface area contributed by atoms with Crippen LogP contribution in [-0.4, -0.2) is 72.1 Å². The predicted octanol–water partition coefficient (Wildman–Crippen LogP) is 1.15. The fraction of sp³-hybridized carbons (Fsp3) is 0.778. The summed E-state index contributed by atoms with van der Waals surface area (Å²) in [5.41, 5.74) is 0. The van der Waals surface area contributed by atoms with Gasteiger partial charge in [0.2, 0.25) is 5.91 Å². The minimum atomic E-state index is 0.203. The maximum Gasteiger partial charge on any atom is 0.227 e. The van der Waals surface area contributed by atoms with E-state index in [0.717, 1.165) is 65.0 Å². The molecule has 0 aliphatic carbocycles. The van der Waals surface area contributed by atoms with Gasteiger partial charge in [-0.1, -0.05) is 0 Å². The molecular formula is C18H31N5O. The summed E-state index contributed by atoms with van der Waals surface area (Å²) >= 11 is 0. The van der Waals surface area contributed by atoms with E-state index in [1.54, 1.807) is 0 Å². The van der Waals surface area contributed by atoms with Gasteiger partial charge in [0.1, 0.15) is 5.82 Å². The molecule has 3 rings (SSSR count). The van der Waals surface area contributed by atoms with Crippen LogP contribution >= 0.6 is 0 Å². The van der Waals surface area contributed by atoms with Crippen molar-refractivity contribution in [2.24, 2.45) is 5.92 Å². The lowest BCUT2D eigenvalue weighted by Gasteiger charge is -2.33. The second-order valence-electron chi connectivity index (χ2n) is 7.42. The summed E-state index contributed by atoms with van der Waals surface area (Å²) in [6.07, 6.45) is 8.24. The van der Waals surface area contributed by atoms with Crippen LogP contribution in [0.1, 0.15) is 37.4 Å². The molecule has 134 valence electrons. The van der Waals surface area contributed by atoms with Gasteiger partial charge >= 0.3 is 0 Å². The summed E-state index contributed by atoms with van der Waals surface area (Å²) in [4.78, 5) is 21.4. The fourth-order valence-electron chi connectivity index (χ4n) is 3.91. The van der Waals surface area contributed by atoms with Crippen molar-refractivity contribution in [1.29, 1.82) is 0 Å². The van der Waals surface area contributed by atoms with Crippen molar-refractivity contribution < 1.29 is 4.79 Å². The Morgan fingerprint density at radius 3 is 2.79 bits per heavy atom. The van der Waals surface area contributed by atoms with E-state index in [1.165, 1.54) is 5.82 Å². The third-order valence-corrected chi connectivity index (χ3v) is 5.33. The second-order valence-corrected chi connectivity index (χ2v) is 7.42. The fourth-order valence-corrected chi connectivity index (χ4v) is 3.91. The molecule has 2 aliphatic heterocycles. The van der Waals surface area contributed by atoms with E-state index in [4.69, 9.17) is 0 Å². The summed E-state index contributed by atoms with van der Waals surface area (Å²) < 4.78 is 2.31. The minimum absolute atomic E-state index is 0.203. The van der Waals surface area contributed by atoms with E-state index in [2.05, 4.69) is 45.0 Å². The standard InChI is InChI=1S/C18H31N5O/c1-21(2)9-3-10-22-13-8-20-17(22)15-5-11-23(12-6-15)18(24)16-4-7-19-14-16/h8,13,15-16,19H,3-7,9-12,14H2,1-2H3. The van der Waals surface area contributed by atoms with E-state index in [9.17, 15) is 4.79 Å². The summed E-state index contributed by atoms with van der Waals surface area (Å²) in [5.74, 6) is 2.26. The Kier molecular flexibility index (Phi) is 5.89. The van der Waals surface area contributed by atoms with Gasteiger partial charge in [-0.2, -0.15) is 0 Å². The number of imidazole rings is 1. The number of amides is 1. The Bertz CT molecular complexity index is 527. The van der Waals surface area contributed by atoms with Crippen LogP contribution in [0.5, 0.6) is 0 Å². The van der Waals surface area contributed by atoms with Crippen molar-refractivity contribution in [3.8, 4) is 0 Å². The molecule has 1 amide bonds. The summed E-state index contributed by atoms with van der Waals surface area (Å²) in [5, 5.41) is 3.29. The van der Waals surface area contributed by atoms with Crippen molar-refractivity contribution in [1.82, 2.24) is 24.7 Å². The molecule has 24 heavy (non-hydrogen) atoms. The summed E-state index contributed by atoms with van der Waals surface area (Å²) in [6.45, 7) is 5.72. The molecule has 6 nitrogen and oxygen atoms in total. The lowest BCUT2D eigenvalue weighted by molar-refractivity contribution is -0.136. The highest BCUT2D eigenvalue weighted by Crippen LogP contribution is 2.28. The monoisotopic (exact) mass is 333 g/mol. The number of hydrogen-bond acceptors (Lipinski definition) is 4. The Morgan fingerprint density at radius 1 is 1.33 bits per heavy atom. The molecule has 2 aliphatic rings. The van der Waals surface area contributed by atoms with Gasteiger partial charge in [-0.15, -0.1) is 0 Å². The number of piperidine rings is 1. The van der Waals surface area contributed by atoms with E-state index in [1.807, 2.05) is 6.20 Å². The Labute approximate surface area is 145 Å². The molecule has 2 saturated heterocycles. The average molecular weight is 333 g/mol. The van der Waals surface area contributed by atoms with Crippen LogP contribution in [0, 0.1) is 5.92 Å². The van der Waals surface area contributed by atoms with E-state index in [-0.39, 0.29) is 5.92 Å². The summed E-state index contributed by atoms with van der Waals surface area (Å²) in [7, 11) is 4.23. The zero-order valence-corrected chi connectivity index (χ0v) is 15.1. The van der Waals surface area contributed by atoms with Gasteiger partial charge in [0.05, 0.1) is 5.92 Å². The third kappa shape index (κ3) is 4.16. The van der Waals surface area contributed by atoms with Gasteiger partial charge in [0, 0.05) is 44.5 Å². The predicted molar refractivity (Wildman–Crippen MR) is 94.9 cm³/mol. The Hall–Kier alpha value is -1.40. The second kappa shape index (κ2) is 8.12. The number of rotatable bonds is 6. The molecule has 0 spiro atoms. The number of nitrogens with one attached hydrogen (secondary N) is 1. The van der Waals surface area contributed by atoms with Crippen LogP contribution in [0.25, 0.3) is 0 Å². The van der Waals surface area contributed by atoms with Crippen molar-refractivity contribution in [2.75, 3.05) is 46.8 Å². The Balaban J connectivity index is 1.51. The van der Waals surface area contributed by atoms with Crippen molar-refractivity contribution in [3.05, 3.63) is 18.2 Å². The van der Waals surface area contributed by atoms with Gasteiger partial charge in [0.25, 0.3) is 0 Å². The van der Waals surface area contributed by atoms with Crippen molar-refractivity contribution in [3.63, 3.8) is 0 Å². The summed E-state index contributed by atoms with van der Waals surface area (Å²) in [6, 6.07) is 0. The lowest BCUT2D eigenvalue weighted by atomic mass is 9.94. The lowest BCUT2D eigenvalue weighted by Crippen LogP contribution is -2.42. The van der Waals surface area contributed by atoms with E-state index in [0.29, 0.717) is 11.8 Å². The van der Waals surface area contributed by atoms with Crippen molar-refractivity contribution in [2.45, 2.75) is 38.1 Å². The van der Waals surface area contributed by atoms with E-state index >= 15 is 0 Å². The molecule has 0 aromatic carbocycles. The molecule has 0 radical (unpaired) electrons. The van der Waals surface area contributed by atoms with Crippen molar-refractivity contribution >= 4 is 5.91 Å². The molecule has 6 heteroatoms. The maximum atomic E-state index is 12.5. The molecule has 2 fully saturated rings. The first-order chi connectivity index (χ1) is 11.6. The number of carbonyl (C=O) groups is 1. The maximum absolute atomic E-state index is 12.5. The molecule has 3 heterocycles. The normalized spacial score (nSPS) is 22.5. The number of aromatic nitrogens is 2. The van der Waals surface area contributed by atoms with Gasteiger partial charge in [-0.3, -0.25) is 4.79 Å². The van der Waals surface area contributed by atoms with Crippen LogP contribution in [0.15, 0.2) is 12.4 Å². The van der Waals surface area contributed by atoms with E-state index < -0.39 is 0 Å². The molecule has 1 unspecified atom stereocenters. The number of nitrogens with zero attached hydrogens (tertiary/aromatic N) is 4. The number of likely N-dealkylation sites (tertiary alicyclic amines) is 1. The van der Waals surface area contributed by atoms with Crippen LogP contribution in [0.2, 0.25) is 0 Å². The molecule has 1 N–H and O–H groups in total. The first kappa shape index (κ1) is 17.4. The third-order valence-electron chi connectivity index (χ3n) is 5.33.